The Morgan fingerprint density at radius 3 is 2.57 bits per heavy atom. The fourth-order valence-corrected chi connectivity index (χ4v) is 3.24. The van der Waals surface area contributed by atoms with E-state index in [1.807, 2.05) is 27.8 Å². The van der Waals surface area contributed by atoms with Crippen molar-refractivity contribution in [3.05, 3.63) is 0 Å². The van der Waals surface area contributed by atoms with E-state index in [-0.39, 0.29) is 12.1 Å². The predicted octanol–water partition coefficient (Wildman–Crippen LogP) is 1.65. The number of amides is 1. The lowest BCUT2D eigenvalue weighted by molar-refractivity contribution is 0.0194. The molecule has 0 radical (unpaired) electrons. The molecule has 0 aromatic rings. The third kappa shape index (κ3) is 5.62. The summed E-state index contributed by atoms with van der Waals surface area (Å²) in [6.45, 7) is 14.8. The van der Waals surface area contributed by atoms with Crippen LogP contribution in [0.25, 0.3) is 0 Å². The second-order valence-corrected chi connectivity index (χ2v) is 7.79. The molecule has 2 aliphatic heterocycles. The van der Waals surface area contributed by atoms with E-state index in [0.717, 1.165) is 52.4 Å². The van der Waals surface area contributed by atoms with Crippen molar-refractivity contribution in [2.24, 2.45) is 0 Å². The molecule has 2 saturated heterocycles. The van der Waals surface area contributed by atoms with E-state index in [1.54, 1.807) is 4.90 Å². The molecule has 2 rings (SSSR count). The molecule has 0 bridgehead atoms. The summed E-state index contributed by atoms with van der Waals surface area (Å²) in [4.78, 5) is 18.9. The van der Waals surface area contributed by atoms with Crippen LogP contribution in [0.15, 0.2) is 0 Å². The first-order chi connectivity index (χ1) is 10.8. The summed E-state index contributed by atoms with van der Waals surface area (Å²) >= 11 is 0. The summed E-state index contributed by atoms with van der Waals surface area (Å²) in [6, 6.07) is 0.752. The average Bonchev–Trinajstić information content (AvgIpc) is 2.95. The van der Waals surface area contributed by atoms with Gasteiger partial charge in [-0.1, -0.05) is 0 Å². The number of likely N-dealkylation sites (tertiary alicyclic amines) is 1. The van der Waals surface area contributed by atoms with Gasteiger partial charge in [-0.25, -0.2) is 4.79 Å². The van der Waals surface area contributed by atoms with Crippen molar-refractivity contribution in [3.8, 4) is 0 Å². The van der Waals surface area contributed by atoms with Crippen LogP contribution in [0.1, 0.15) is 34.1 Å². The van der Waals surface area contributed by atoms with Crippen LogP contribution >= 0.6 is 0 Å². The first-order valence-corrected chi connectivity index (χ1v) is 8.76. The normalized spacial score (nSPS) is 25.3. The molecule has 2 heterocycles. The number of carbonyl (C=O) groups is 1. The molecule has 0 saturated carbocycles. The van der Waals surface area contributed by atoms with Crippen molar-refractivity contribution >= 4 is 6.09 Å². The van der Waals surface area contributed by atoms with E-state index in [9.17, 15) is 4.79 Å². The van der Waals surface area contributed by atoms with Crippen LogP contribution < -0.4 is 0 Å². The standard InChI is InChI=1S/C17H33N3O3/c1-14(12-19-8-10-22-11-9-19)20-7-6-15(13-20)18(5)16(21)23-17(2,3)4/h14-15H,6-13H2,1-5H3. The molecule has 0 N–H and O–H groups in total. The quantitative estimate of drug-likeness (QED) is 0.786. The van der Waals surface area contributed by atoms with Gasteiger partial charge in [0.25, 0.3) is 0 Å². The third-order valence-electron chi connectivity index (χ3n) is 4.67. The summed E-state index contributed by atoms with van der Waals surface area (Å²) in [7, 11) is 1.86. The van der Waals surface area contributed by atoms with Crippen LogP contribution in [-0.4, -0.2) is 91.5 Å². The van der Waals surface area contributed by atoms with Gasteiger partial charge in [-0.05, 0) is 34.1 Å². The number of nitrogens with zero attached hydrogens (tertiary/aromatic N) is 3. The molecule has 0 spiro atoms. The van der Waals surface area contributed by atoms with E-state index in [0.29, 0.717) is 6.04 Å². The topological polar surface area (TPSA) is 45.2 Å². The van der Waals surface area contributed by atoms with Crippen LogP contribution in [0.3, 0.4) is 0 Å². The molecule has 2 atom stereocenters. The molecule has 1 amide bonds. The second-order valence-electron chi connectivity index (χ2n) is 7.79. The molecule has 0 aromatic heterocycles. The van der Waals surface area contributed by atoms with Crippen molar-refractivity contribution < 1.29 is 14.3 Å². The lowest BCUT2D eigenvalue weighted by Crippen LogP contribution is -2.47. The monoisotopic (exact) mass is 327 g/mol. The first kappa shape index (κ1) is 18.5. The molecule has 134 valence electrons. The first-order valence-electron chi connectivity index (χ1n) is 8.76. The third-order valence-corrected chi connectivity index (χ3v) is 4.67. The van der Waals surface area contributed by atoms with E-state index in [4.69, 9.17) is 9.47 Å². The highest BCUT2D eigenvalue weighted by atomic mass is 16.6. The number of rotatable bonds is 4. The number of hydrogen-bond acceptors (Lipinski definition) is 5. The lowest BCUT2D eigenvalue weighted by Gasteiger charge is -2.33. The minimum absolute atomic E-state index is 0.217. The average molecular weight is 327 g/mol. The number of ether oxygens (including phenoxy) is 2. The highest BCUT2D eigenvalue weighted by Gasteiger charge is 2.33. The van der Waals surface area contributed by atoms with Crippen LogP contribution in [0.2, 0.25) is 0 Å². The van der Waals surface area contributed by atoms with E-state index >= 15 is 0 Å². The molecule has 2 aliphatic rings. The molecule has 6 heteroatoms. The van der Waals surface area contributed by atoms with Crippen molar-refractivity contribution in [1.82, 2.24) is 14.7 Å². The van der Waals surface area contributed by atoms with E-state index in [2.05, 4.69) is 16.7 Å². The van der Waals surface area contributed by atoms with Gasteiger partial charge in [-0.15, -0.1) is 0 Å². The zero-order valence-electron chi connectivity index (χ0n) is 15.4. The van der Waals surface area contributed by atoms with E-state index < -0.39 is 5.60 Å². The molecule has 2 unspecified atom stereocenters. The molecular formula is C17H33N3O3. The maximum atomic E-state index is 12.2. The van der Waals surface area contributed by atoms with Crippen LogP contribution in [-0.2, 0) is 9.47 Å². The van der Waals surface area contributed by atoms with Crippen molar-refractivity contribution in [2.45, 2.75) is 51.8 Å². The maximum Gasteiger partial charge on any atom is 0.410 e. The van der Waals surface area contributed by atoms with Gasteiger partial charge in [0.15, 0.2) is 0 Å². The fraction of sp³-hybridized carbons (Fsp3) is 0.941. The van der Waals surface area contributed by atoms with Crippen LogP contribution in [0.5, 0.6) is 0 Å². The molecule has 6 nitrogen and oxygen atoms in total. The van der Waals surface area contributed by atoms with Gasteiger partial charge in [0, 0.05) is 51.9 Å². The van der Waals surface area contributed by atoms with Gasteiger partial charge >= 0.3 is 6.09 Å². The van der Waals surface area contributed by atoms with Gasteiger partial charge in [-0.3, -0.25) is 9.80 Å². The Balaban J connectivity index is 1.79. The minimum atomic E-state index is -0.437. The Morgan fingerprint density at radius 1 is 1.30 bits per heavy atom. The van der Waals surface area contributed by atoms with Gasteiger partial charge in [0.1, 0.15) is 5.60 Å². The zero-order chi connectivity index (χ0) is 17.0. The summed E-state index contributed by atoms with van der Waals surface area (Å²) in [5.74, 6) is 0. The van der Waals surface area contributed by atoms with Gasteiger partial charge < -0.3 is 14.4 Å². The Bertz CT molecular complexity index is 391. The molecule has 23 heavy (non-hydrogen) atoms. The van der Waals surface area contributed by atoms with Gasteiger partial charge in [-0.2, -0.15) is 0 Å². The van der Waals surface area contributed by atoms with Crippen molar-refractivity contribution in [1.29, 1.82) is 0 Å². The Labute approximate surface area is 140 Å². The summed E-state index contributed by atoms with van der Waals surface area (Å²) in [6.07, 6.45) is 0.800. The van der Waals surface area contributed by atoms with Gasteiger partial charge in [0.05, 0.1) is 13.2 Å². The summed E-state index contributed by atoms with van der Waals surface area (Å²) in [5.41, 5.74) is -0.437. The molecule has 0 aliphatic carbocycles. The number of carbonyl (C=O) groups excluding carboxylic acids is 1. The molecule has 0 aromatic carbocycles. The van der Waals surface area contributed by atoms with Crippen LogP contribution in [0.4, 0.5) is 4.79 Å². The predicted molar refractivity (Wildman–Crippen MR) is 90.7 cm³/mol. The highest BCUT2D eigenvalue weighted by Crippen LogP contribution is 2.20. The molecule has 2 fully saturated rings. The smallest absolute Gasteiger partial charge is 0.410 e. The minimum Gasteiger partial charge on any atom is -0.444 e. The van der Waals surface area contributed by atoms with Crippen molar-refractivity contribution in [3.63, 3.8) is 0 Å². The summed E-state index contributed by atoms with van der Waals surface area (Å²) < 4.78 is 10.9. The highest BCUT2D eigenvalue weighted by molar-refractivity contribution is 5.68. The number of hydrogen-bond donors (Lipinski definition) is 0. The Kier molecular flexibility index (Phi) is 6.28. The molecular weight excluding hydrogens is 294 g/mol. The fourth-order valence-electron chi connectivity index (χ4n) is 3.24. The van der Waals surface area contributed by atoms with Crippen LogP contribution in [0, 0.1) is 0 Å². The van der Waals surface area contributed by atoms with Gasteiger partial charge in [0.2, 0.25) is 0 Å². The Hall–Kier alpha value is -0.850. The Morgan fingerprint density at radius 2 is 1.96 bits per heavy atom. The second kappa shape index (κ2) is 7.81. The van der Waals surface area contributed by atoms with E-state index in [1.165, 1.54) is 0 Å². The number of likely N-dealkylation sites (N-methyl/N-ethyl adjacent to an activating group) is 1. The lowest BCUT2D eigenvalue weighted by atomic mass is 10.2. The van der Waals surface area contributed by atoms with Crippen molar-refractivity contribution in [2.75, 3.05) is 53.0 Å². The largest absolute Gasteiger partial charge is 0.444 e. The maximum absolute atomic E-state index is 12.2. The zero-order valence-corrected chi connectivity index (χ0v) is 15.4. The summed E-state index contributed by atoms with van der Waals surface area (Å²) in [5, 5.41) is 0. The number of morpholine rings is 1. The SMILES string of the molecule is CC(CN1CCOCC1)N1CCC(N(C)C(=O)OC(C)(C)C)C1.